The monoisotopic (exact) mass is 343 g/mol. The summed E-state index contributed by atoms with van der Waals surface area (Å²) in [6.45, 7) is 1.77. The first kappa shape index (κ1) is 16.4. The number of benzene rings is 1. The molecule has 0 aliphatic carbocycles. The minimum absolute atomic E-state index is 0.139. The summed E-state index contributed by atoms with van der Waals surface area (Å²) in [5.41, 5.74) is -0.382. The van der Waals surface area contributed by atoms with Crippen molar-refractivity contribution in [2.45, 2.75) is 6.92 Å². The van der Waals surface area contributed by atoms with Gasteiger partial charge in [-0.15, -0.1) is 0 Å². The number of rotatable bonds is 5. The fraction of sp³-hybridized carbons (Fsp3) is 0.286. The third-order valence-corrected chi connectivity index (χ3v) is 2.80. The third-order valence-electron chi connectivity index (χ3n) is 2.30. The molecule has 0 N–H and O–H groups in total. The number of hydrogen-bond donors (Lipinski definition) is 0. The van der Waals surface area contributed by atoms with Crippen molar-refractivity contribution in [3.8, 4) is 0 Å². The first-order chi connectivity index (χ1) is 9.36. The Bertz CT molecular complexity index is 555. The molecule has 1 rings (SSSR count). The Morgan fingerprint density at radius 2 is 2.05 bits per heavy atom. The van der Waals surface area contributed by atoms with Gasteiger partial charge in [-0.1, -0.05) is 15.9 Å². The Balaban J connectivity index is 3.20. The predicted molar refractivity (Wildman–Crippen MR) is 76.8 cm³/mol. The van der Waals surface area contributed by atoms with E-state index in [9.17, 15) is 14.0 Å². The van der Waals surface area contributed by atoms with E-state index in [0.29, 0.717) is 4.47 Å². The van der Waals surface area contributed by atoms with Crippen LogP contribution in [-0.4, -0.2) is 37.4 Å². The summed E-state index contributed by atoms with van der Waals surface area (Å²) < 4.78 is 19.1. The summed E-state index contributed by atoms with van der Waals surface area (Å²) in [6, 6.07) is 4.03. The lowest BCUT2D eigenvalue weighted by Gasteiger charge is -2.11. The molecule has 20 heavy (non-hydrogen) atoms. The average molecular weight is 344 g/mol. The molecule has 6 heteroatoms. The number of nitrogens with zero attached hydrogens (tertiary/aromatic N) is 1. The molecule has 0 unspecified atom stereocenters. The van der Waals surface area contributed by atoms with Gasteiger partial charge in [0, 0.05) is 24.8 Å². The maximum Gasteiger partial charge on any atom is 0.343 e. The molecule has 1 aromatic rings. The lowest BCUT2D eigenvalue weighted by molar-refractivity contribution is -0.138. The molecular formula is C14H15BrFNO3. The molecule has 108 valence electrons. The molecule has 0 saturated carbocycles. The number of hydrogen-bond acceptors (Lipinski definition) is 4. The van der Waals surface area contributed by atoms with Gasteiger partial charge in [-0.05, 0) is 25.1 Å². The molecule has 0 heterocycles. The Morgan fingerprint density at radius 3 is 2.55 bits per heavy atom. The maximum atomic E-state index is 13.8. The van der Waals surface area contributed by atoms with Gasteiger partial charge in [-0.2, -0.15) is 0 Å². The summed E-state index contributed by atoms with van der Waals surface area (Å²) in [5.74, 6) is -2.17. The van der Waals surface area contributed by atoms with Crippen LogP contribution in [0.5, 0.6) is 0 Å². The molecule has 0 aliphatic heterocycles. The topological polar surface area (TPSA) is 46.6 Å². The van der Waals surface area contributed by atoms with Gasteiger partial charge in [-0.25, -0.2) is 9.18 Å². The number of carbonyl (C=O) groups excluding carboxylic acids is 2. The minimum atomic E-state index is -0.770. The molecular weight excluding hydrogens is 329 g/mol. The molecule has 0 amide bonds. The van der Waals surface area contributed by atoms with Crippen LogP contribution >= 0.6 is 15.9 Å². The second-order valence-corrected chi connectivity index (χ2v) is 5.10. The molecule has 0 atom stereocenters. The zero-order valence-electron chi connectivity index (χ0n) is 11.4. The highest BCUT2D eigenvalue weighted by atomic mass is 79.9. The summed E-state index contributed by atoms with van der Waals surface area (Å²) in [7, 11) is 3.31. The molecule has 0 radical (unpaired) electrons. The smallest absolute Gasteiger partial charge is 0.343 e. The van der Waals surface area contributed by atoms with Crippen LogP contribution < -0.4 is 0 Å². The number of ketones is 1. The van der Waals surface area contributed by atoms with Crippen LogP contribution in [0.2, 0.25) is 0 Å². The summed E-state index contributed by atoms with van der Waals surface area (Å²) in [6.07, 6.45) is 1.32. The Hall–Kier alpha value is -1.69. The average Bonchev–Trinajstić information content (AvgIpc) is 2.35. The van der Waals surface area contributed by atoms with Crippen LogP contribution in [0.3, 0.4) is 0 Å². The Kier molecular flexibility index (Phi) is 5.88. The number of ether oxygens (including phenoxy) is 1. The van der Waals surface area contributed by atoms with Crippen molar-refractivity contribution in [3.63, 3.8) is 0 Å². The summed E-state index contributed by atoms with van der Waals surface area (Å²) in [5, 5.41) is 0. The number of carbonyl (C=O) groups is 2. The van der Waals surface area contributed by atoms with Crippen molar-refractivity contribution in [2.24, 2.45) is 0 Å². The first-order valence-corrected chi connectivity index (χ1v) is 6.71. The van der Waals surface area contributed by atoms with E-state index >= 15 is 0 Å². The molecule has 4 nitrogen and oxygen atoms in total. The van der Waals surface area contributed by atoms with Crippen molar-refractivity contribution in [1.82, 2.24) is 4.90 Å². The molecule has 1 aromatic carbocycles. The van der Waals surface area contributed by atoms with Crippen LogP contribution in [-0.2, 0) is 9.53 Å². The van der Waals surface area contributed by atoms with E-state index in [1.807, 2.05) is 0 Å². The van der Waals surface area contributed by atoms with E-state index in [2.05, 4.69) is 15.9 Å². The number of esters is 1. The van der Waals surface area contributed by atoms with Crippen molar-refractivity contribution in [1.29, 1.82) is 0 Å². The molecule has 0 spiro atoms. The quantitative estimate of drug-likeness (QED) is 0.271. The zero-order valence-corrected chi connectivity index (χ0v) is 13.0. The van der Waals surface area contributed by atoms with Crippen molar-refractivity contribution in [3.05, 3.63) is 45.8 Å². The highest BCUT2D eigenvalue weighted by Gasteiger charge is 2.24. The molecule has 0 bridgehead atoms. The summed E-state index contributed by atoms with van der Waals surface area (Å²) in [4.78, 5) is 25.6. The molecule has 0 aromatic heterocycles. The predicted octanol–water partition coefficient (Wildman–Crippen LogP) is 2.78. The van der Waals surface area contributed by atoms with E-state index < -0.39 is 17.6 Å². The van der Waals surface area contributed by atoms with Crippen molar-refractivity contribution < 1.29 is 18.7 Å². The van der Waals surface area contributed by atoms with E-state index in [4.69, 9.17) is 4.74 Å². The van der Waals surface area contributed by atoms with Gasteiger partial charge in [0.25, 0.3) is 0 Å². The second-order valence-electron chi connectivity index (χ2n) is 4.18. The first-order valence-electron chi connectivity index (χ1n) is 5.92. The van der Waals surface area contributed by atoms with E-state index in [1.54, 1.807) is 21.0 Å². The van der Waals surface area contributed by atoms with Crippen LogP contribution in [0.15, 0.2) is 34.4 Å². The van der Waals surface area contributed by atoms with Crippen molar-refractivity contribution in [2.75, 3.05) is 20.7 Å². The standard InChI is InChI=1S/C14H15BrFNO3/c1-4-20-14(19)11(8-17(2)3)13(18)10-6-5-9(15)7-12(10)16/h5-8H,4H2,1-3H3. The fourth-order valence-corrected chi connectivity index (χ4v) is 1.82. The van der Waals surface area contributed by atoms with Gasteiger partial charge in [0.1, 0.15) is 11.4 Å². The largest absolute Gasteiger partial charge is 0.462 e. The molecule has 0 saturated heterocycles. The normalized spacial score (nSPS) is 11.2. The van der Waals surface area contributed by atoms with Crippen LogP contribution in [0.4, 0.5) is 4.39 Å². The van der Waals surface area contributed by atoms with Gasteiger partial charge >= 0.3 is 5.97 Å². The lowest BCUT2D eigenvalue weighted by Crippen LogP contribution is -2.20. The van der Waals surface area contributed by atoms with Gasteiger partial charge < -0.3 is 9.64 Å². The van der Waals surface area contributed by atoms with Crippen LogP contribution in [0.1, 0.15) is 17.3 Å². The van der Waals surface area contributed by atoms with Crippen molar-refractivity contribution >= 4 is 27.7 Å². The van der Waals surface area contributed by atoms with Gasteiger partial charge in [0.2, 0.25) is 5.78 Å². The van der Waals surface area contributed by atoms with Gasteiger partial charge in [0.15, 0.2) is 0 Å². The SMILES string of the molecule is CCOC(=O)C(=CN(C)C)C(=O)c1ccc(Br)cc1F. The lowest BCUT2D eigenvalue weighted by atomic mass is 10.0. The van der Waals surface area contributed by atoms with Gasteiger partial charge in [-0.3, -0.25) is 4.79 Å². The number of Topliss-reactive ketones (excluding diaryl/α,β-unsaturated/α-hetero) is 1. The molecule has 0 aliphatic rings. The van der Waals surface area contributed by atoms with Crippen LogP contribution in [0, 0.1) is 5.82 Å². The second kappa shape index (κ2) is 7.19. The highest BCUT2D eigenvalue weighted by Crippen LogP contribution is 2.19. The highest BCUT2D eigenvalue weighted by molar-refractivity contribution is 9.10. The van der Waals surface area contributed by atoms with E-state index in [-0.39, 0.29) is 17.7 Å². The Labute approximate surface area is 125 Å². The number of halogens is 2. The van der Waals surface area contributed by atoms with Gasteiger partial charge in [0.05, 0.1) is 12.2 Å². The third kappa shape index (κ3) is 4.16. The fourth-order valence-electron chi connectivity index (χ4n) is 1.49. The minimum Gasteiger partial charge on any atom is -0.462 e. The Morgan fingerprint density at radius 1 is 1.40 bits per heavy atom. The maximum absolute atomic E-state index is 13.8. The summed E-state index contributed by atoms with van der Waals surface area (Å²) >= 11 is 3.11. The zero-order chi connectivity index (χ0) is 15.3. The van der Waals surface area contributed by atoms with E-state index in [0.717, 1.165) is 0 Å². The molecule has 0 fully saturated rings. The van der Waals surface area contributed by atoms with E-state index in [1.165, 1.54) is 29.3 Å². The van der Waals surface area contributed by atoms with Crippen LogP contribution in [0.25, 0.3) is 0 Å².